The fraction of sp³-hybridized carbons (Fsp3) is 0.765. The first-order valence-electron chi connectivity index (χ1n) is 8.89. The lowest BCUT2D eigenvalue weighted by atomic mass is 9.98. The van der Waals surface area contributed by atoms with Crippen LogP contribution in [0.3, 0.4) is 0 Å². The van der Waals surface area contributed by atoms with E-state index in [-0.39, 0.29) is 30.3 Å². The molecule has 2 rings (SSSR count). The van der Waals surface area contributed by atoms with E-state index in [0.29, 0.717) is 25.7 Å². The Morgan fingerprint density at radius 3 is 2.52 bits per heavy atom. The number of hydrogen-bond acceptors (Lipinski definition) is 5. The number of carbonyl (C=O) groups is 4. The van der Waals surface area contributed by atoms with E-state index in [1.165, 1.54) is 0 Å². The van der Waals surface area contributed by atoms with E-state index in [9.17, 15) is 19.2 Å². The van der Waals surface area contributed by atoms with Crippen LogP contribution < -0.4 is 16.0 Å². The molecule has 2 aliphatic rings. The molecule has 3 N–H and O–H groups in total. The molecule has 2 fully saturated rings. The predicted octanol–water partition coefficient (Wildman–Crippen LogP) is 0.500. The van der Waals surface area contributed by atoms with Crippen molar-refractivity contribution in [2.24, 2.45) is 11.8 Å². The van der Waals surface area contributed by atoms with Gasteiger partial charge in [-0.3, -0.25) is 9.59 Å². The average Bonchev–Trinajstić information content (AvgIpc) is 3.26. The normalized spacial score (nSPS) is 22.0. The van der Waals surface area contributed by atoms with Crippen molar-refractivity contribution in [2.75, 3.05) is 6.54 Å². The van der Waals surface area contributed by atoms with Crippen LogP contribution in [0.25, 0.3) is 0 Å². The van der Waals surface area contributed by atoms with Gasteiger partial charge in [-0.25, -0.2) is 4.79 Å². The Bertz CT molecular complexity index is 518. The third kappa shape index (κ3) is 6.36. The van der Waals surface area contributed by atoms with Crippen LogP contribution in [-0.2, 0) is 19.1 Å². The number of aldehydes is 1. The largest absolute Gasteiger partial charge is 0.446 e. The Morgan fingerprint density at radius 1 is 1.28 bits per heavy atom. The highest BCUT2D eigenvalue weighted by molar-refractivity contribution is 5.88. The van der Waals surface area contributed by atoms with Crippen LogP contribution >= 0.6 is 0 Å². The minimum atomic E-state index is -0.772. The molecule has 0 spiro atoms. The lowest BCUT2D eigenvalue weighted by molar-refractivity contribution is -0.127. The summed E-state index contributed by atoms with van der Waals surface area (Å²) in [6.07, 6.45) is 3.03. The van der Waals surface area contributed by atoms with Gasteiger partial charge in [0.15, 0.2) is 0 Å². The molecule has 1 aliphatic heterocycles. The maximum Gasteiger partial charge on any atom is 0.408 e. The van der Waals surface area contributed by atoms with Gasteiger partial charge in [0.25, 0.3) is 0 Å². The first-order chi connectivity index (χ1) is 11.9. The van der Waals surface area contributed by atoms with Crippen LogP contribution in [0.5, 0.6) is 0 Å². The summed E-state index contributed by atoms with van der Waals surface area (Å²) in [7, 11) is 0. The molecule has 0 aromatic rings. The second-order valence-electron chi connectivity index (χ2n) is 7.19. The minimum absolute atomic E-state index is 0.0497. The molecule has 1 saturated heterocycles. The fourth-order valence-electron chi connectivity index (χ4n) is 2.82. The number of rotatable bonds is 9. The molecule has 8 nitrogen and oxygen atoms in total. The average molecular weight is 353 g/mol. The molecule has 1 aliphatic carbocycles. The highest BCUT2D eigenvalue weighted by Crippen LogP contribution is 2.23. The molecule has 3 atom stereocenters. The number of carbonyl (C=O) groups excluding carboxylic acids is 4. The van der Waals surface area contributed by atoms with Crippen LogP contribution in [0, 0.1) is 11.8 Å². The maximum atomic E-state index is 12.5. The second kappa shape index (κ2) is 8.82. The van der Waals surface area contributed by atoms with Gasteiger partial charge in [0, 0.05) is 12.5 Å². The molecular formula is C17H27N3O5. The van der Waals surface area contributed by atoms with Gasteiger partial charge < -0.3 is 25.5 Å². The maximum absolute atomic E-state index is 12.5. The number of hydrogen-bond donors (Lipinski definition) is 3. The van der Waals surface area contributed by atoms with Crippen molar-refractivity contribution in [2.45, 2.75) is 64.1 Å². The topological polar surface area (TPSA) is 114 Å². The first-order valence-corrected chi connectivity index (χ1v) is 8.89. The van der Waals surface area contributed by atoms with Gasteiger partial charge in [0.1, 0.15) is 18.4 Å². The zero-order valence-corrected chi connectivity index (χ0v) is 14.7. The van der Waals surface area contributed by atoms with E-state index >= 15 is 0 Å². The molecule has 8 heteroatoms. The molecule has 25 heavy (non-hydrogen) atoms. The first kappa shape index (κ1) is 19.2. The Labute approximate surface area is 147 Å². The Balaban J connectivity index is 1.89. The van der Waals surface area contributed by atoms with Crippen LogP contribution in [0.2, 0.25) is 0 Å². The number of nitrogens with one attached hydrogen (secondary N) is 3. The Kier molecular flexibility index (Phi) is 6.78. The van der Waals surface area contributed by atoms with E-state index in [1.807, 2.05) is 13.8 Å². The van der Waals surface area contributed by atoms with Crippen LogP contribution in [0.15, 0.2) is 0 Å². The Morgan fingerprint density at radius 2 is 2.00 bits per heavy atom. The van der Waals surface area contributed by atoms with E-state index in [0.717, 1.165) is 12.8 Å². The predicted molar refractivity (Wildman–Crippen MR) is 89.6 cm³/mol. The van der Waals surface area contributed by atoms with Gasteiger partial charge in [-0.05, 0) is 38.0 Å². The lowest BCUT2D eigenvalue weighted by Crippen LogP contribution is -2.51. The second-order valence-corrected chi connectivity index (χ2v) is 7.19. The van der Waals surface area contributed by atoms with Crippen molar-refractivity contribution in [1.29, 1.82) is 0 Å². The van der Waals surface area contributed by atoms with E-state index < -0.39 is 24.1 Å². The zero-order chi connectivity index (χ0) is 18.4. The van der Waals surface area contributed by atoms with Crippen molar-refractivity contribution in [3.8, 4) is 0 Å². The van der Waals surface area contributed by atoms with Crippen molar-refractivity contribution < 1.29 is 23.9 Å². The summed E-state index contributed by atoms with van der Waals surface area (Å²) in [6.45, 7) is 4.47. The van der Waals surface area contributed by atoms with Gasteiger partial charge >= 0.3 is 6.09 Å². The highest BCUT2D eigenvalue weighted by Gasteiger charge is 2.31. The van der Waals surface area contributed by atoms with Crippen molar-refractivity contribution in [3.05, 3.63) is 0 Å². The Hall–Kier alpha value is -2.12. The van der Waals surface area contributed by atoms with Gasteiger partial charge in [-0.2, -0.15) is 0 Å². The third-order valence-electron chi connectivity index (χ3n) is 4.31. The van der Waals surface area contributed by atoms with E-state index in [1.54, 1.807) is 0 Å². The summed E-state index contributed by atoms with van der Waals surface area (Å²) in [5.74, 6) is -0.623. The summed E-state index contributed by atoms with van der Waals surface area (Å²) >= 11 is 0. The number of ether oxygens (including phenoxy) is 1. The summed E-state index contributed by atoms with van der Waals surface area (Å²) in [6, 6.07) is -1.52. The SMILES string of the molecule is CC(C)C[C@H](NC(=O)OC1CC1)C(=O)N[C@H](C=O)C[C@@H]1CCNC1=O. The third-order valence-corrected chi connectivity index (χ3v) is 4.31. The van der Waals surface area contributed by atoms with Gasteiger partial charge in [0.2, 0.25) is 11.8 Å². The molecule has 0 unspecified atom stereocenters. The molecular weight excluding hydrogens is 326 g/mol. The van der Waals surface area contributed by atoms with Gasteiger partial charge in [0.05, 0.1) is 6.04 Å². The van der Waals surface area contributed by atoms with Gasteiger partial charge in [-0.1, -0.05) is 13.8 Å². The van der Waals surface area contributed by atoms with Crippen LogP contribution in [0.1, 0.15) is 46.0 Å². The monoisotopic (exact) mass is 353 g/mol. The molecule has 0 aromatic heterocycles. The molecule has 1 saturated carbocycles. The quantitative estimate of drug-likeness (QED) is 0.522. The van der Waals surface area contributed by atoms with Crippen molar-refractivity contribution >= 4 is 24.2 Å². The van der Waals surface area contributed by atoms with Crippen molar-refractivity contribution in [3.63, 3.8) is 0 Å². The fourth-order valence-corrected chi connectivity index (χ4v) is 2.82. The zero-order valence-electron chi connectivity index (χ0n) is 14.7. The summed E-state index contributed by atoms with van der Waals surface area (Å²) in [4.78, 5) is 47.3. The van der Waals surface area contributed by atoms with E-state index in [2.05, 4.69) is 16.0 Å². The van der Waals surface area contributed by atoms with Crippen molar-refractivity contribution in [1.82, 2.24) is 16.0 Å². The highest BCUT2D eigenvalue weighted by atomic mass is 16.6. The molecule has 0 aromatic carbocycles. The smallest absolute Gasteiger partial charge is 0.408 e. The van der Waals surface area contributed by atoms with Crippen LogP contribution in [0.4, 0.5) is 4.79 Å². The summed E-state index contributed by atoms with van der Waals surface area (Å²) in [5.41, 5.74) is 0. The standard InChI is InChI=1S/C17H27N3O5/c1-10(2)7-14(20-17(24)25-13-3-4-13)16(23)19-12(9-21)8-11-5-6-18-15(11)22/h9-14H,3-8H2,1-2H3,(H,18,22)(H,19,23)(H,20,24)/t11-,12-,14-/m0/s1. The lowest BCUT2D eigenvalue weighted by Gasteiger charge is -2.22. The number of amides is 3. The molecule has 0 bridgehead atoms. The minimum Gasteiger partial charge on any atom is -0.446 e. The number of alkyl carbamates (subject to hydrolysis) is 1. The molecule has 1 heterocycles. The molecule has 0 radical (unpaired) electrons. The molecule has 3 amide bonds. The summed E-state index contributed by atoms with van der Waals surface area (Å²) < 4.78 is 5.12. The van der Waals surface area contributed by atoms with Crippen LogP contribution in [-0.4, -0.2) is 48.9 Å². The van der Waals surface area contributed by atoms with Gasteiger partial charge in [-0.15, -0.1) is 0 Å². The van der Waals surface area contributed by atoms with E-state index in [4.69, 9.17) is 4.74 Å². The summed E-state index contributed by atoms with van der Waals surface area (Å²) in [5, 5.41) is 7.93. The molecule has 140 valence electrons.